The maximum atomic E-state index is 11.9. The molecule has 1 fully saturated rings. The summed E-state index contributed by atoms with van der Waals surface area (Å²) in [6, 6.07) is 0. The highest BCUT2D eigenvalue weighted by Gasteiger charge is 2.16. The fourth-order valence-corrected chi connectivity index (χ4v) is 2.31. The van der Waals surface area contributed by atoms with Crippen molar-refractivity contribution in [1.29, 1.82) is 0 Å². The van der Waals surface area contributed by atoms with E-state index < -0.39 is 4.81 Å². The van der Waals surface area contributed by atoms with Crippen molar-refractivity contribution in [1.82, 2.24) is 4.90 Å². The van der Waals surface area contributed by atoms with E-state index in [1.165, 1.54) is 32.4 Å². The normalized spacial score (nSPS) is 29.7. The van der Waals surface area contributed by atoms with Gasteiger partial charge in [-0.2, -0.15) is 9.65 Å². The minimum atomic E-state index is -0.656. The molecule has 2 rings (SSSR count). The Morgan fingerprint density at radius 2 is 2.00 bits per heavy atom. The Hall–Kier alpha value is -0.680. The van der Waals surface area contributed by atoms with Crippen LogP contribution in [0.2, 0.25) is 0 Å². The number of hydrogen-bond donors (Lipinski definition) is 0. The van der Waals surface area contributed by atoms with Gasteiger partial charge in [0.15, 0.2) is 0 Å². The molecule has 0 saturated carbocycles. The van der Waals surface area contributed by atoms with Crippen LogP contribution in [0.15, 0.2) is 24.4 Å². The molecule has 2 heterocycles. The van der Waals surface area contributed by atoms with Crippen LogP contribution in [-0.4, -0.2) is 42.5 Å². The Kier molecular flexibility index (Phi) is 4.74. The van der Waals surface area contributed by atoms with E-state index in [1.807, 2.05) is 12.2 Å². The quantitative estimate of drug-likeness (QED) is 0.418. The summed E-state index contributed by atoms with van der Waals surface area (Å²) in [6.07, 6.45) is 12.0. The molecule has 1 atom stereocenters. The van der Waals surface area contributed by atoms with Gasteiger partial charge in [0, 0.05) is 6.54 Å². The van der Waals surface area contributed by atoms with Crippen LogP contribution in [0.3, 0.4) is 0 Å². The molecule has 2 aliphatic rings. The van der Waals surface area contributed by atoms with Crippen LogP contribution in [-0.2, 0) is 4.84 Å². The summed E-state index contributed by atoms with van der Waals surface area (Å²) in [4.78, 5) is 7.19. The third-order valence-electron chi connectivity index (χ3n) is 3.30. The third-order valence-corrected chi connectivity index (χ3v) is 3.30. The molecule has 0 aromatic carbocycles. The summed E-state index contributed by atoms with van der Waals surface area (Å²) < 4.78 is 0. The number of rotatable bonds is 5. The molecule has 0 bridgehead atoms. The van der Waals surface area contributed by atoms with Crippen LogP contribution < -0.4 is 0 Å². The van der Waals surface area contributed by atoms with E-state index in [4.69, 9.17) is 4.84 Å². The van der Waals surface area contributed by atoms with Gasteiger partial charge in [-0.15, -0.1) is 0 Å². The molecule has 1 unspecified atom stereocenters. The largest absolute Gasteiger partial charge is 0.593 e. The number of nitrogens with zero attached hydrogens (tertiary/aromatic N) is 2. The molecule has 0 aromatic heterocycles. The lowest BCUT2D eigenvalue weighted by molar-refractivity contribution is -1.02. The Morgan fingerprint density at radius 1 is 1.18 bits per heavy atom. The van der Waals surface area contributed by atoms with Crippen molar-refractivity contribution in [3.8, 4) is 0 Å². The highest BCUT2D eigenvalue weighted by atomic mass is 16.9. The van der Waals surface area contributed by atoms with Gasteiger partial charge in [0.1, 0.15) is 19.4 Å². The zero-order valence-electron chi connectivity index (χ0n) is 10.4. The highest BCUT2D eigenvalue weighted by Crippen LogP contribution is 2.13. The molecule has 2 aliphatic heterocycles. The van der Waals surface area contributed by atoms with Crippen molar-refractivity contribution in [3.63, 3.8) is 0 Å². The number of likely N-dealkylation sites (tertiary alicyclic amines) is 1. The van der Waals surface area contributed by atoms with Crippen LogP contribution in [0.25, 0.3) is 0 Å². The highest BCUT2D eigenvalue weighted by molar-refractivity contribution is 5.03. The number of allylic oxidation sites excluding steroid dienone is 2. The van der Waals surface area contributed by atoms with Gasteiger partial charge in [0.05, 0.1) is 0 Å². The van der Waals surface area contributed by atoms with Gasteiger partial charge < -0.3 is 10.1 Å². The van der Waals surface area contributed by atoms with E-state index in [0.717, 1.165) is 13.0 Å². The first-order chi connectivity index (χ1) is 8.29. The summed E-state index contributed by atoms with van der Waals surface area (Å²) in [7, 11) is 0. The van der Waals surface area contributed by atoms with Crippen molar-refractivity contribution in [2.45, 2.75) is 25.7 Å². The number of piperidine rings is 1. The van der Waals surface area contributed by atoms with Crippen molar-refractivity contribution < 1.29 is 9.65 Å². The second-order valence-corrected chi connectivity index (χ2v) is 4.77. The number of quaternary nitrogens is 1. The zero-order valence-corrected chi connectivity index (χ0v) is 10.4. The van der Waals surface area contributed by atoms with Crippen LogP contribution in [0.4, 0.5) is 0 Å². The average Bonchev–Trinajstić information content (AvgIpc) is 2.37. The van der Waals surface area contributed by atoms with Gasteiger partial charge in [-0.3, -0.25) is 0 Å². The van der Waals surface area contributed by atoms with Gasteiger partial charge in [0.2, 0.25) is 0 Å². The van der Waals surface area contributed by atoms with Gasteiger partial charge in [-0.25, -0.2) is 0 Å². The lowest BCUT2D eigenvalue weighted by Crippen LogP contribution is -2.38. The molecule has 4 nitrogen and oxygen atoms in total. The zero-order chi connectivity index (χ0) is 12.0. The molecule has 0 amide bonds. The van der Waals surface area contributed by atoms with Crippen LogP contribution in [0, 0.1) is 5.21 Å². The van der Waals surface area contributed by atoms with E-state index in [0.29, 0.717) is 13.2 Å². The monoisotopic (exact) mass is 238 g/mol. The maximum absolute atomic E-state index is 11.9. The fraction of sp³-hybridized carbons (Fsp3) is 0.692. The lowest BCUT2D eigenvalue weighted by atomic mass is 10.1. The first-order valence-corrected chi connectivity index (χ1v) is 6.59. The molecule has 0 aliphatic carbocycles. The minimum absolute atomic E-state index is 0.389. The van der Waals surface area contributed by atoms with Crippen molar-refractivity contribution >= 4 is 0 Å². The average molecular weight is 238 g/mol. The molecule has 4 heteroatoms. The van der Waals surface area contributed by atoms with Gasteiger partial charge in [0.25, 0.3) is 0 Å². The van der Waals surface area contributed by atoms with E-state index >= 15 is 0 Å². The Morgan fingerprint density at radius 3 is 2.71 bits per heavy atom. The Labute approximate surface area is 103 Å². The Bertz CT molecular complexity index is 285. The molecule has 17 heavy (non-hydrogen) atoms. The van der Waals surface area contributed by atoms with Gasteiger partial charge in [-0.1, -0.05) is 12.5 Å². The molecule has 0 radical (unpaired) electrons. The second kappa shape index (κ2) is 6.31. The minimum Gasteiger partial charge on any atom is -0.593 e. The molecule has 0 spiro atoms. The lowest BCUT2D eigenvalue weighted by Gasteiger charge is -2.35. The fourth-order valence-electron chi connectivity index (χ4n) is 2.31. The topological polar surface area (TPSA) is 35.5 Å². The molecule has 96 valence electrons. The standard InChI is InChI=1S/C13H22N2O2/c16-15(11-5-2-6-12-15)17-13-7-10-14-8-3-1-4-9-14/h2,5-6,11H,1,3-4,7-10,12-13H2. The van der Waals surface area contributed by atoms with E-state index in [2.05, 4.69) is 4.90 Å². The van der Waals surface area contributed by atoms with Crippen molar-refractivity contribution in [2.75, 3.05) is 32.8 Å². The first-order valence-electron chi connectivity index (χ1n) is 6.59. The van der Waals surface area contributed by atoms with Crippen molar-refractivity contribution in [3.05, 3.63) is 29.6 Å². The third kappa shape index (κ3) is 4.24. The first kappa shape index (κ1) is 12.8. The van der Waals surface area contributed by atoms with Gasteiger partial charge in [-0.05, 0) is 44.5 Å². The van der Waals surface area contributed by atoms with Crippen molar-refractivity contribution in [2.24, 2.45) is 0 Å². The predicted octanol–water partition coefficient (Wildman–Crippen LogP) is 2.19. The molecule has 1 saturated heterocycles. The number of hydrogen-bond acceptors (Lipinski definition) is 3. The van der Waals surface area contributed by atoms with E-state index in [-0.39, 0.29) is 0 Å². The van der Waals surface area contributed by atoms with E-state index in [1.54, 1.807) is 12.3 Å². The SMILES string of the molecule is [O-][N+]1(OCCCN2CCCCC2)C=CC=CC1. The summed E-state index contributed by atoms with van der Waals surface area (Å²) in [5, 5.41) is 11.9. The van der Waals surface area contributed by atoms with Crippen LogP contribution in [0.5, 0.6) is 0 Å². The Balaban J connectivity index is 1.59. The van der Waals surface area contributed by atoms with Gasteiger partial charge >= 0.3 is 0 Å². The summed E-state index contributed by atoms with van der Waals surface area (Å²) >= 11 is 0. The molecular weight excluding hydrogens is 216 g/mol. The summed E-state index contributed by atoms with van der Waals surface area (Å²) in [5.74, 6) is 0. The summed E-state index contributed by atoms with van der Waals surface area (Å²) in [5.41, 5.74) is 0. The summed E-state index contributed by atoms with van der Waals surface area (Å²) in [6.45, 7) is 4.40. The molecular formula is C13H22N2O2. The maximum Gasteiger partial charge on any atom is 0.132 e. The van der Waals surface area contributed by atoms with Crippen LogP contribution >= 0.6 is 0 Å². The second-order valence-electron chi connectivity index (χ2n) is 4.77. The molecule has 0 aromatic rings. The smallest absolute Gasteiger partial charge is 0.132 e. The van der Waals surface area contributed by atoms with Crippen LogP contribution in [0.1, 0.15) is 25.7 Å². The number of hydroxylamine groups is 4. The molecule has 0 N–H and O–H groups in total. The van der Waals surface area contributed by atoms with E-state index in [9.17, 15) is 5.21 Å². The predicted molar refractivity (Wildman–Crippen MR) is 67.6 cm³/mol.